The van der Waals surface area contributed by atoms with Gasteiger partial charge in [0.15, 0.2) is 0 Å². The highest BCUT2D eigenvalue weighted by Crippen LogP contribution is 2.43. The van der Waals surface area contributed by atoms with Crippen LogP contribution < -0.4 is 5.73 Å². The van der Waals surface area contributed by atoms with E-state index in [1.807, 2.05) is 188 Å². The van der Waals surface area contributed by atoms with Crippen LogP contribution in [0.2, 0.25) is 25.1 Å². The minimum Gasteiger partial charge on any atom is -0.395 e. The SMILES string of the molecule is Clc1ccc(-n2cc(C3CCN(Cc4ccn[nH]4)CC3)c3ccncc32)cc1.Cn1ccc(CN2CCC(c3cn(-c4ccc(Cl)cc4)c4cnccc34)CC2)n1.N#CCCN1CCC(c2cn(-c3ccc(Cl)cc3)c3cnccc23)CC1.NCCC(=O)N1CCC(c2cn(-c3ccc(Cl)cc3)c3cnccc23)CC1.OCCN1CCC(c2cn(-c3ccc(Cl)cc3)c3cnccc23)CC1. The molecule has 0 aliphatic carbocycles. The standard InChI is InChI=1S/C23H24ClN5.C22H22ClN5.C21H23ClN4O.C21H21ClN4.C20H22ClN3O/c1-27-11-9-19(26-27)15-28-12-7-17(8-13-28)22-16-29(20-4-2-18(24)3-5-20)23-14-25-10-6-21(22)23;23-17-1-3-19(4-2-17)28-15-21(20-6-9-24-13-22(20)28)16-7-11-27(12-8-16)14-18-5-10-25-26-18;22-16-1-3-17(4-2-16)26-14-19(18-6-10-24-13-20(18)26)15-7-11-25(12-8-15)21(27)5-9-23;22-17-2-4-18(5-3-17)26-15-20(19-6-10-24-14-21(19)26)16-7-12-25(13-8-16)11-1-9-23;21-16-1-3-17(4-2-16)24-14-19(18-5-8-22-13-20(18)24)15-6-9-23(10-7-15)11-12-25/h2-6,9-11,14,16-17H,7-8,12-13,15H2,1H3;1-6,9-10,13,15-16H,7-8,11-12,14H2,(H,25,26);1-4,6,10,13-15H,5,7-9,11-12,23H2;2-6,10,14-16H,1,7-8,11-13H2;1-5,8,13-15,25H,6-7,9-12H2. The van der Waals surface area contributed by atoms with Gasteiger partial charge in [-0.25, -0.2) is 0 Å². The smallest absolute Gasteiger partial charge is 0.223 e. The van der Waals surface area contributed by atoms with Crippen molar-refractivity contribution >= 4 is 118 Å². The Balaban J connectivity index is 0.000000113. The van der Waals surface area contributed by atoms with Gasteiger partial charge in [0.25, 0.3) is 0 Å². The molecule has 0 unspecified atom stereocenters. The molecule has 5 fully saturated rings. The van der Waals surface area contributed by atoms with E-state index < -0.39 is 0 Å². The normalized spacial score (nSPS) is 16.0. The molecule has 0 atom stereocenters. The van der Waals surface area contributed by atoms with Crippen LogP contribution in [0.15, 0.2) is 269 Å². The summed E-state index contributed by atoms with van der Waals surface area (Å²) in [6.07, 6.45) is 46.4. The van der Waals surface area contributed by atoms with Gasteiger partial charge in [-0.15, -0.1) is 0 Å². The summed E-state index contributed by atoms with van der Waals surface area (Å²) in [7, 11) is 1.97. The number of fused-ring (bicyclic) bond motifs is 5. The number of likely N-dealkylation sites (tertiary alicyclic amines) is 5. The Morgan fingerprint density at radius 3 is 0.963 bits per heavy atom. The highest BCUT2D eigenvalue weighted by atomic mass is 35.5. The fourth-order valence-corrected chi connectivity index (χ4v) is 21.0. The molecule has 17 heterocycles. The van der Waals surface area contributed by atoms with Crippen molar-refractivity contribution < 1.29 is 9.90 Å². The Kier molecular flexibility index (Phi) is 30.7. The van der Waals surface area contributed by atoms with E-state index in [1.165, 1.54) is 60.4 Å². The van der Waals surface area contributed by atoms with Crippen molar-refractivity contribution in [2.45, 2.75) is 120 Å². The fourth-order valence-electron chi connectivity index (χ4n) is 20.4. The molecule has 5 aromatic carbocycles. The summed E-state index contributed by atoms with van der Waals surface area (Å²) in [6, 6.07) is 56.8. The number of carbonyl (C=O) groups excluding carboxylic acids is 1. The van der Waals surface area contributed by atoms with Crippen molar-refractivity contribution in [1.29, 1.82) is 5.26 Å². The minimum absolute atomic E-state index is 0.170. The Morgan fingerprint density at radius 2 is 0.689 bits per heavy atom. The Labute approximate surface area is 812 Å². The number of rotatable bonds is 20. The van der Waals surface area contributed by atoms with E-state index in [-0.39, 0.29) is 12.5 Å². The lowest BCUT2D eigenvalue weighted by molar-refractivity contribution is -0.132. The van der Waals surface area contributed by atoms with Gasteiger partial charge in [-0.2, -0.15) is 15.5 Å². The number of aryl methyl sites for hydroxylation is 1. The van der Waals surface area contributed by atoms with Crippen molar-refractivity contribution in [1.82, 2.24) is 92.2 Å². The van der Waals surface area contributed by atoms with Crippen molar-refractivity contribution in [3.63, 3.8) is 0 Å². The maximum atomic E-state index is 12.1. The lowest BCUT2D eigenvalue weighted by Crippen LogP contribution is -2.38. The second kappa shape index (κ2) is 44.3. The van der Waals surface area contributed by atoms with Crippen LogP contribution in [0, 0.1) is 11.3 Å². The highest BCUT2D eigenvalue weighted by molar-refractivity contribution is 6.32. The van der Waals surface area contributed by atoms with Crippen LogP contribution in [0.5, 0.6) is 0 Å². The number of aromatic nitrogens is 14. The number of halogens is 5. The van der Waals surface area contributed by atoms with Gasteiger partial charge in [-0.3, -0.25) is 49.3 Å². The number of nitrogens with one attached hydrogen (secondary N) is 1. The Bertz CT molecular complexity index is 6800. The van der Waals surface area contributed by atoms with Gasteiger partial charge in [-0.1, -0.05) is 58.0 Å². The molecule has 23 nitrogen and oxygen atoms in total. The first-order valence-corrected chi connectivity index (χ1v) is 48.9. The second-order valence-electron chi connectivity index (χ2n) is 35.8. The number of pyridine rings is 5. The number of piperidine rings is 5. The third-order valence-electron chi connectivity index (χ3n) is 27.5. The molecule has 17 aromatic rings. The van der Waals surface area contributed by atoms with Gasteiger partial charge >= 0.3 is 0 Å². The number of aliphatic hydroxyl groups excluding tert-OH is 1. The first-order valence-electron chi connectivity index (χ1n) is 47.0. The van der Waals surface area contributed by atoms with Crippen LogP contribution in [0.1, 0.15) is 146 Å². The topological polar surface area (TPSA) is 239 Å². The number of H-pyrrole nitrogens is 1. The molecular weight excluding hydrogens is 1790 g/mol. The zero-order chi connectivity index (χ0) is 92.7. The number of nitrogens with zero attached hydrogens (tertiary/aromatic N) is 19. The molecule has 0 saturated carbocycles. The predicted molar refractivity (Wildman–Crippen MR) is 543 cm³/mol. The summed E-state index contributed by atoms with van der Waals surface area (Å²) in [5.41, 5.74) is 26.0. The number of hydrogen-bond donors (Lipinski definition) is 3. The molecule has 5 saturated heterocycles. The van der Waals surface area contributed by atoms with Crippen molar-refractivity contribution in [3.05, 3.63) is 333 Å². The molecule has 692 valence electrons. The summed E-state index contributed by atoms with van der Waals surface area (Å²) >= 11 is 30.3. The third-order valence-corrected chi connectivity index (χ3v) is 28.8. The molecule has 5 aliphatic rings. The zero-order valence-electron chi connectivity index (χ0n) is 75.9. The van der Waals surface area contributed by atoms with Crippen LogP contribution in [-0.4, -0.2) is 195 Å². The molecule has 0 spiro atoms. The van der Waals surface area contributed by atoms with Crippen LogP contribution in [0.25, 0.3) is 83.0 Å². The Hall–Kier alpha value is -11.9. The van der Waals surface area contributed by atoms with Crippen LogP contribution >= 0.6 is 58.0 Å². The average Bonchev–Trinajstić information content (AvgIpc) is 1.65. The number of aromatic amines is 1. The predicted octanol–water partition coefficient (Wildman–Crippen LogP) is 21.9. The van der Waals surface area contributed by atoms with E-state index in [2.05, 4.69) is 186 Å². The minimum atomic E-state index is 0.170. The van der Waals surface area contributed by atoms with E-state index in [9.17, 15) is 4.79 Å². The van der Waals surface area contributed by atoms with E-state index in [0.29, 0.717) is 49.0 Å². The summed E-state index contributed by atoms with van der Waals surface area (Å²) in [5.74, 6) is 2.83. The molecule has 1 amide bonds. The number of β-amino-alcohol motifs (C(OH)–C–C–N with tert-alkyl or cyclic N) is 1. The van der Waals surface area contributed by atoms with E-state index >= 15 is 0 Å². The Morgan fingerprint density at radius 1 is 0.393 bits per heavy atom. The first kappa shape index (κ1) is 93.5. The fraction of sp³-hybridized carbons (Fsp3) is 0.318. The van der Waals surface area contributed by atoms with E-state index in [0.717, 1.165) is 243 Å². The maximum Gasteiger partial charge on any atom is 0.223 e. The van der Waals surface area contributed by atoms with Gasteiger partial charge in [0.1, 0.15) is 0 Å². The quantitative estimate of drug-likeness (QED) is 0.0643. The molecule has 135 heavy (non-hydrogen) atoms. The van der Waals surface area contributed by atoms with Gasteiger partial charge < -0.3 is 48.4 Å². The number of hydrogen-bond acceptors (Lipinski definition) is 15. The molecule has 0 radical (unpaired) electrons. The lowest BCUT2D eigenvalue weighted by Gasteiger charge is -2.32. The highest BCUT2D eigenvalue weighted by Gasteiger charge is 2.32. The third kappa shape index (κ3) is 22.3. The van der Waals surface area contributed by atoms with Gasteiger partial charge in [0, 0.05) is 226 Å². The largest absolute Gasteiger partial charge is 0.395 e. The van der Waals surface area contributed by atoms with Gasteiger partial charge in [0.2, 0.25) is 5.91 Å². The van der Waals surface area contributed by atoms with E-state index in [4.69, 9.17) is 74.1 Å². The molecule has 0 bridgehead atoms. The lowest BCUT2D eigenvalue weighted by atomic mass is 9.89. The average molecular weight is 1900 g/mol. The number of nitrogens with two attached hydrogens (primary N) is 1. The number of amides is 1. The molecule has 22 rings (SSSR count). The number of benzene rings is 5. The van der Waals surface area contributed by atoms with Crippen LogP contribution in [0.4, 0.5) is 0 Å². The summed E-state index contributed by atoms with van der Waals surface area (Å²) < 4.78 is 13.0. The summed E-state index contributed by atoms with van der Waals surface area (Å²) in [4.78, 5) is 45.5. The van der Waals surface area contributed by atoms with Crippen molar-refractivity contribution in [2.75, 3.05) is 91.7 Å². The molecule has 4 N–H and O–H groups in total. The molecule has 12 aromatic heterocycles. The molecule has 28 heteroatoms. The van der Waals surface area contributed by atoms with Crippen LogP contribution in [-0.2, 0) is 24.9 Å². The van der Waals surface area contributed by atoms with E-state index in [1.54, 1.807) is 0 Å². The van der Waals surface area contributed by atoms with Crippen molar-refractivity contribution in [2.24, 2.45) is 12.8 Å². The van der Waals surface area contributed by atoms with Crippen LogP contribution in [0.3, 0.4) is 0 Å². The molecular formula is C107H112Cl5N21O2. The number of carbonyl (C=O) groups is 1. The monoisotopic (exact) mass is 1900 g/mol. The summed E-state index contributed by atoms with van der Waals surface area (Å²) in [6.45, 7) is 14.4. The van der Waals surface area contributed by atoms with Gasteiger partial charge in [-0.05, 0) is 338 Å². The first-order chi connectivity index (χ1) is 66.1. The zero-order valence-corrected chi connectivity index (χ0v) is 79.7. The summed E-state index contributed by atoms with van der Waals surface area (Å²) in [5, 5.41) is 39.7. The number of nitriles is 1. The van der Waals surface area contributed by atoms with Gasteiger partial charge in [0.05, 0.1) is 76.9 Å². The number of aliphatic hydroxyl groups is 1. The van der Waals surface area contributed by atoms with Crippen molar-refractivity contribution in [3.8, 4) is 34.5 Å². The second-order valence-corrected chi connectivity index (χ2v) is 38.0. The maximum absolute atomic E-state index is 12.1. The molecule has 5 aliphatic heterocycles.